The minimum Gasteiger partial charge on any atom is -0.459 e. The van der Waals surface area contributed by atoms with Crippen molar-refractivity contribution in [3.05, 3.63) is 0 Å². The van der Waals surface area contributed by atoms with E-state index in [4.69, 9.17) is 4.74 Å². The Labute approximate surface area is 76.8 Å². The van der Waals surface area contributed by atoms with Gasteiger partial charge in [-0.1, -0.05) is 6.92 Å². The first-order chi connectivity index (χ1) is 6.22. The summed E-state index contributed by atoms with van der Waals surface area (Å²) < 4.78 is 5.08. The van der Waals surface area contributed by atoms with Crippen LogP contribution in [0.15, 0.2) is 0 Å². The van der Waals surface area contributed by atoms with E-state index in [1.165, 1.54) is 0 Å². The molecule has 2 bridgehead atoms. The van der Waals surface area contributed by atoms with Crippen molar-refractivity contribution in [2.75, 3.05) is 6.54 Å². The highest BCUT2D eigenvalue weighted by atomic mass is 16.6. The second-order valence-electron chi connectivity index (χ2n) is 3.55. The topological polar surface area (TPSA) is 46.6 Å². The minimum absolute atomic E-state index is 0.0481. The molecule has 3 saturated heterocycles. The Bertz CT molecular complexity index is 251. The molecule has 4 heteroatoms. The molecule has 0 radical (unpaired) electrons. The van der Waals surface area contributed by atoms with Crippen molar-refractivity contribution < 1.29 is 14.3 Å². The zero-order valence-corrected chi connectivity index (χ0v) is 7.66. The number of rotatable bonds is 1. The van der Waals surface area contributed by atoms with Crippen LogP contribution in [-0.2, 0) is 14.3 Å². The van der Waals surface area contributed by atoms with Gasteiger partial charge in [0.05, 0.1) is 6.54 Å². The fourth-order valence-corrected chi connectivity index (χ4v) is 2.00. The molecule has 3 aliphatic rings. The summed E-state index contributed by atoms with van der Waals surface area (Å²) >= 11 is 0. The Morgan fingerprint density at radius 2 is 2.38 bits per heavy atom. The van der Waals surface area contributed by atoms with Gasteiger partial charge in [-0.05, 0) is 12.8 Å². The van der Waals surface area contributed by atoms with Crippen molar-refractivity contribution in [3.8, 4) is 0 Å². The van der Waals surface area contributed by atoms with Gasteiger partial charge in [-0.25, -0.2) is 4.79 Å². The number of carbonyl (C=O) groups is 2. The molecule has 1 amide bonds. The summed E-state index contributed by atoms with van der Waals surface area (Å²) in [6, 6.07) is -0.294. The number of piperidine rings is 1. The van der Waals surface area contributed by atoms with Crippen LogP contribution in [0.5, 0.6) is 0 Å². The summed E-state index contributed by atoms with van der Waals surface area (Å²) in [6.07, 6.45) is 2.10. The van der Waals surface area contributed by atoms with E-state index in [0.29, 0.717) is 13.0 Å². The van der Waals surface area contributed by atoms with Crippen molar-refractivity contribution in [2.45, 2.75) is 38.3 Å². The summed E-state index contributed by atoms with van der Waals surface area (Å²) in [7, 11) is 0. The molecule has 0 unspecified atom stereocenters. The fourth-order valence-electron chi connectivity index (χ4n) is 2.00. The SMILES string of the molecule is CCC(=O)N1C[C@H]2CC[C@@H]1C(=O)O2. The molecule has 2 atom stereocenters. The quantitative estimate of drug-likeness (QED) is 0.550. The predicted molar refractivity (Wildman–Crippen MR) is 44.9 cm³/mol. The van der Waals surface area contributed by atoms with Gasteiger partial charge in [0.25, 0.3) is 0 Å². The van der Waals surface area contributed by atoms with Crippen molar-refractivity contribution in [3.63, 3.8) is 0 Å². The molecule has 0 N–H and O–H groups in total. The fraction of sp³-hybridized carbons (Fsp3) is 0.778. The van der Waals surface area contributed by atoms with E-state index in [0.717, 1.165) is 12.8 Å². The summed E-state index contributed by atoms with van der Waals surface area (Å²) in [5.41, 5.74) is 0. The summed E-state index contributed by atoms with van der Waals surface area (Å²) in [5.74, 6) is -0.157. The van der Waals surface area contributed by atoms with Gasteiger partial charge in [0, 0.05) is 6.42 Å². The Hall–Kier alpha value is -1.06. The van der Waals surface area contributed by atoms with Crippen molar-refractivity contribution in [2.24, 2.45) is 0 Å². The highest BCUT2D eigenvalue weighted by molar-refractivity contribution is 5.86. The molecule has 3 heterocycles. The van der Waals surface area contributed by atoms with Crippen LogP contribution in [0.2, 0.25) is 0 Å². The van der Waals surface area contributed by atoms with Crippen LogP contribution in [0.1, 0.15) is 26.2 Å². The third-order valence-electron chi connectivity index (χ3n) is 2.72. The monoisotopic (exact) mass is 183 g/mol. The highest BCUT2D eigenvalue weighted by Crippen LogP contribution is 2.27. The zero-order chi connectivity index (χ0) is 9.42. The predicted octanol–water partition coefficient (Wildman–Crippen LogP) is 0.313. The lowest BCUT2D eigenvalue weighted by molar-refractivity contribution is -0.180. The van der Waals surface area contributed by atoms with Gasteiger partial charge in [-0.2, -0.15) is 0 Å². The normalized spacial score (nSPS) is 31.8. The van der Waals surface area contributed by atoms with Crippen LogP contribution in [0, 0.1) is 0 Å². The largest absolute Gasteiger partial charge is 0.459 e. The molecular weight excluding hydrogens is 170 g/mol. The molecule has 3 aliphatic heterocycles. The number of fused-ring (bicyclic) bond motifs is 3. The Morgan fingerprint density at radius 1 is 1.62 bits per heavy atom. The first-order valence-electron chi connectivity index (χ1n) is 4.72. The van der Waals surface area contributed by atoms with Crippen molar-refractivity contribution >= 4 is 11.9 Å². The molecule has 0 spiro atoms. The maximum atomic E-state index is 11.4. The van der Waals surface area contributed by atoms with E-state index in [-0.39, 0.29) is 24.0 Å². The van der Waals surface area contributed by atoms with Crippen molar-refractivity contribution in [1.29, 1.82) is 0 Å². The smallest absolute Gasteiger partial charge is 0.329 e. The minimum atomic E-state index is -0.294. The lowest BCUT2D eigenvalue weighted by atomic mass is 9.96. The first-order valence-corrected chi connectivity index (χ1v) is 4.72. The number of esters is 1. The zero-order valence-electron chi connectivity index (χ0n) is 7.66. The van der Waals surface area contributed by atoms with E-state index in [1.54, 1.807) is 4.90 Å². The molecule has 0 aromatic carbocycles. The highest BCUT2D eigenvalue weighted by Gasteiger charge is 2.43. The Balaban J connectivity index is 2.14. The summed E-state index contributed by atoms with van der Waals surface area (Å²) in [6.45, 7) is 2.42. The van der Waals surface area contributed by atoms with E-state index in [9.17, 15) is 9.59 Å². The second kappa shape index (κ2) is 3.01. The molecule has 4 nitrogen and oxygen atoms in total. The maximum Gasteiger partial charge on any atom is 0.329 e. The summed E-state index contributed by atoms with van der Waals surface area (Å²) in [5, 5.41) is 0. The van der Waals surface area contributed by atoms with Crippen molar-refractivity contribution in [1.82, 2.24) is 4.90 Å². The average molecular weight is 183 g/mol. The lowest BCUT2D eigenvalue weighted by Gasteiger charge is -2.43. The van der Waals surface area contributed by atoms with Crippen LogP contribution >= 0.6 is 0 Å². The lowest BCUT2D eigenvalue weighted by Crippen LogP contribution is -2.59. The first kappa shape index (κ1) is 8.53. The van der Waals surface area contributed by atoms with E-state index < -0.39 is 0 Å². The van der Waals surface area contributed by atoms with Gasteiger partial charge in [-0.3, -0.25) is 4.79 Å². The van der Waals surface area contributed by atoms with Crippen LogP contribution in [0.25, 0.3) is 0 Å². The van der Waals surface area contributed by atoms with Gasteiger partial charge < -0.3 is 9.64 Å². The molecule has 0 saturated carbocycles. The Kier molecular flexibility index (Phi) is 1.98. The van der Waals surface area contributed by atoms with Gasteiger partial charge in [0.15, 0.2) is 0 Å². The van der Waals surface area contributed by atoms with Crippen LogP contribution in [-0.4, -0.2) is 35.5 Å². The molecule has 0 aromatic heterocycles. The molecule has 0 aliphatic carbocycles. The standard InChI is InChI=1S/C9H13NO3/c1-2-8(11)10-5-6-3-4-7(10)9(12)13-6/h6-7H,2-5H2,1H3/t6-,7-/m1/s1. The number of amides is 1. The summed E-state index contributed by atoms with van der Waals surface area (Å²) in [4.78, 5) is 24.4. The molecule has 13 heavy (non-hydrogen) atoms. The number of hydrogen-bond acceptors (Lipinski definition) is 3. The molecular formula is C9H13NO3. The van der Waals surface area contributed by atoms with E-state index >= 15 is 0 Å². The second-order valence-corrected chi connectivity index (χ2v) is 3.55. The number of hydrogen-bond donors (Lipinski definition) is 0. The number of morpholine rings is 1. The third-order valence-corrected chi connectivity index (χ3v) is 2.72. The average Bonchev–Trinajstić information content (AvgIpc) is 2.17. The van der Waals surface area contributed by atoms with Gasteiger partial charge in [0.2, 0.25) is 5.91 Å². The molecule has 0 aromatic rings. The Morgan fingerprint density at radius 3 is 2.92 bits per heavy atom. The van der Waals surface area contributed by atoms with E-state index in [2.05, 4.69) is 0 Å². The third kappa shape index (κ3) is 1.30. The van der Waals surface area contributed by atoms with Gasteiger partial charge in [-0.15, -0.1) is 0 Å². The maximum absolute atomic E-state index is 11.4. The molecule has 72 valence electrons. The molecule has 3 fully saturated rings. The number of ether oxygens (including phenoxy) is 1. The number of nitrogens with zero attached hydrogens (tertiary/aromatic N) is 1. The van der Waals surface area contributed by atoms with Crippen LogP contribution in [0.4, 0.5) is 0 Å². The van der Waals surface area contributed by atoms with Gasteiger partial charge in [0.1, 0.15) is 12.1 Å². The van der Waals surface area contributed by atoms with Crippen LogP contribution < -0.4 is 0 Å². The van der Waals surface area contributed by atoms with E-state index in [1.807, 2.05) is 6.92 Å². The number of carbonyl (C=O) groups excluding carboxylic acids is 2. The van der Waals surface area contributed by atoms with Gasteiger partial charge >= 0.3 is 5.97 Å². The molecule has 3 rings (SSSR count). The van der Waals surface area contributed by atoms with Crippen LogP contribution in [0.3, 0.4) is 0 Å².